The summed E-state index contributed by atoms with van der Waals surface area (Å²) in [7, 11) is -3.24. The summed E-state index contributed by atoms with van der Waals surface area (Å²) in [5, 5.41) is 5.56. The Bertz CT molecular complexity index is 1390. The zero-order chi connectivity index (χ0) is 22.6. The number of aryl methyl sites for hydroxylation is 1. The van der Waals surface area contributed by atoms with Gasteiger partial charge in [0.05, 0.1) is 18.1 Å². The van der Waals surface area contributed by atoms with E-state index in [9.17, 15) is 18.0 Å². The number of benzene rings is 1. The third kappa shape index (κ3) is 4.17. The maximum absolute atomic E-state index is 12.6. The van der Waals surface area contributed by atoms with E-state index in [2.05, 4.69) is 26.1 Å². The lowest BCUT2D eigenvalue weighted by atomic mass is 9.86. The summed E-state index contributed by atoms with van der Waals surface area (Å²) >= 11 is 0. The van der Waals surface area contributed by atoms with E-state index < -0.39 is 21.5 Å². The van der Waals surface area contributed by atoms with Crippen molar-refractivity contribution in [3.05, 3.63) is 57.0 Å². The van der Waals surface area contributed by atoms with Gasteiger partial charge in [0, 0.05) is 39.8 Å². The van der Waals surface area contributed by atoms with Crippen molar-refractivity contribution in [2.45, 2.75) is 52.0 Å². The Labute approximate surface area is 180 Å². The van der Waals surface area contributed by atoms with Gasteiger partial charge in [-0.25, -0.2) is 13.2 Å². The van der Waals surface area contributed by atoms with Crippen LogP contribution in [0.15, 0.2) is 43.5 Å². The lowest BCUT2D eigenvalue weighted by molar-refractivity contribution is -0.121. The fourth-order valence-electron chi connectivity index (χ4n) is 3.96. The highest BCUT2D eigenvalue weighted by atomic mass is 32.2. The molecule has 4 rings (SSSR count). The Morgan fingerprint density at radius 2 is 1.94 bits per heavy atom. The van der Waals surface area contributed by atoms with Crippen LogP contribution in [-0.2, 0) is 26.5 Å². The lowest BCUT2D eigenvalue weighted by Gasteiger charge is -2.16. The summed E-state index contributed by atoms with van der Waals surface area (Å²) in [6.45, 7) is 8.16. The van der Waals surface area contributed by atoms with Crippen LogP contribution >= 0.6 is 0 Å². The average Bonchev–Trinajstić information content (AvgIpc) is 3.22. The fraction of sp³-hybridized carbons (Fsp3) is 0.391. The van der Waals surface area contributed by atoms with Crippen molar-refractivity contribution < 1.29 is 22.0 Å². The molecular formula is C23H25NO6S. The van der Waals surface area contributed by atoms with Gasteiger partial charge in [-0.1, -0.05) is 20.8 Å². The molecule has 1 aliphatic heterocycles. The minimum Gasteiger partial charge on any atom is -0.464 e. The van der Waals surface area contributed by atoms with Crippen LogP contribution < -0.4 is 10.9 Å². The van der Waals surface area contributed by atoms with Gasteiger partial charge in [-0.3, -0.25) is 4.79 Å². The largest absolute Gasteiger partial charge is 0.464 e. The van der Waals surface area contributed by atoms with Gasteiger partial charge in [-0.05, 0) is 36.5 Å². The SMILES string of the molecule is Cc1c(CCC(=O)NC2C=CS(=O)(=O)C2)c(=O)oc2cc3occ(C(C)(C)C)c3cc12. The van der Waals surface area contributed by atoms with Gasteiger partial charge in [0.1, 0.15) is 11.2 Å². The highest BCUT2D eigenvalue weighted by molar-refractivity contribution is 7.94. The minimum absolute atomic E-state index is 0.0582. The predicted octanol–water partition coefficient (Wildman–Crippen LogP) is 3.50. The molecule has 31 heavy (non-hydrogen) atoms. The molecule has 164 valence electrons. The molecule has 0 spiro atoms. The molecule has 1 aromatic carbocycles. The number of carbonyl (C=O) groups excluding carboxylic acids is 1. The molecule has 0 bridgehead atoms. The van der Waals surface area contributed by atoms with Crippen LogP contribution in [0.5, 0.6) is 0 Å². The van der Waals surface area contributed by atoms with Crippen LogP contribution in [0.3, 0.4) is 0 Å². The summed E-state index contributed by atoms with van der Waals surface area (Å²) < 4.78 is 34.2. The molecule has 1 atom stereocenters. The van der Waals surface area contributed by atoms with Gasteiger partial charge >= 0.3 is 5.63 Å². The fourth-order valence-corrected chi connectivity index (χ4v) is 5.20. The number of hydrogen-bond acceptors (Lipinski definition) is 6. The third-order valence-corrected chi connectivity index (χ3v) is 7.06. The summed E-state index contributed by atoms with van der Waals surface area (Å²) in [4.78, 5) is 24.9. The summed E-state index contributed by atoms with van der Waals surface area (Å²) in [6.07, 6.45) is 3.46. The normalized spacial score (nSPS) is 18.1. The smallest absolute Gasteiger partial charge is 0.339 e. The summed E-state index contributed by atoms with van der Waals surface area (Å²) in [5.41, 5.74) is 2.79. The zero-order valence-corrected chi connectivity index (χ0v) is 18.8. The Morgan fingerprint density at radius 1 is 1.19 bits per heavy atom. The first-order chi connectivity index (χ1) is 14.4. The van der Waals surface area contributed by atoms with Crippen LogP contribution in [-0.4, -0.2) is 26.1 Å². The van der Waals surface area contributed by atoms with Crippen molar-refractivity contribution in [3.63, 3.8) is 0 Å². The molecule has 3 aromatic rings. The molecule has 0 aliphatic carbocycles. The highest BCUT2D eigenvalue weighted by Crippen LogP contribution is 2.35. The van der Waals surface area contributed by atoms with Gasteiger partial charge in [-0.15, -0.1) is 0 Å². The van der Waals surface area contributed by atoms with E-state index in [1.165, 1.54) is 6.08 Å². The second-order valence-electron chi connectivity index (χ2n) is 9.07. The van der Waals surface area contributed by atoms with E-state index in [-0.39, 0.29) is 29.9 Å². The molecule has 0 fully saturated rings. The first-order valence-corrected chi connectivity index (χ1v) is 11.8. The van der Waals surface area contributed by atoms with Crippen molar-refractivity contribution in [1.82, 2.24) is 5.32 Å². The van der Waals surface area contributed by atoms with E-state index in [1.54, 1.807) is 12.3 Å². The van der Waals surface area contributed by atoms with Crippen molar-refractivity contribution in [2.75, 3.05) is 5.75 Å². The highest BCUT2D eigenvalue weighted by Gasteiger charge is 2.24. The predicted molar refractivity (Wildman–Crippen MR) is 119 cm³/mol. The second-order valence-corrected chi connectivity index (χ2v) is 11.0. The number of carbonyl (C=O) groups is 1. The molecule has 3 heterocycles. The molecule has 0 saturated heterocycles. The molecule has 7 nitrogen and oxygen atoms in total. The molecular weight excluding hydrogens is 418 g/mol. The van der Waals surface area contributed by atoms with E-state index in [1.807, 2.05) is 13.0 Å². The second kappa shape index (κ2) is 7.37. The Hall–Kier alpha value is -2.87. The standard InChI is InChI=1S/C23H25NO6S/c1-13-15(5-6-21(25)24-14-7-8-31(27,28)12-14)22(26)30-20-10-19-17(9-16(13)20)18(11-29-19)23(2,3)4/h7-11,14H,5-6,12H2,1-4H3,(H,24,25). The van der Waals surface area contributed by atoms with Crippen molar-refractivity contribution >= 4 is 37.7 Å². The third-order valence-electron chi connectivity index (χ3n) is 5.67. The van der Waals surface area contributed by atoms with Crippen LogP contribution in [0.1, 0.15) is 43.9 Å². The number of sulfone groups is 1. The van der Waals surface area contributed by atoms with Crippen LogP contribution in [0.25, 0.3) is 21.9 Å². The number of nitrogens with one attached hydrogen (secondary N) is 1. The Morgan fingerprint density at radius 3 is 2.58 bits per heavy atom. The number of hydrogen-bond donors (Lipinski definition) is 1. The van der Waals surface area contributed by atoms with Crippen molar-refractivity contribution in [1.29, 1.82) is 0 Å². The molecule has 8 heteroatoms. The van der Waals surface area contributed by atoms with Crippen molar-refractivity contribution in [2.24, 2.45) is 0 Å². The Balaban J connectivity index is 1.62. The molecule has 1 amide bonds. The van der Waals surface area contributed by atoms with E-state index >= 15 is 0 Å². The molecule has 1 aliphatic rings. The van der Waals surface area contributed by atoms with E-state index in [0.29, 0.717) is 16.7 Å². The van der Waals surface area contributed by atoms with Crippen LogP contribution in [0.2, 0.25) is 0 Å². The van der Waals surface area contributed by atoms with Gasteiger partial charge in [0.25, 0.3) is 0 Å². The lowest BCUT2D eigenvalue weighted by Crippen LogP contribution is -2.35. The number of furan rings is 1. The molecule has 0 radical (unpaired) electrons. The maximum atomic E-state index is 12.6. The quantitative estimate of drug-likeness (QED) is 0.619. The average molecular weight is 444 g/mol. The van der Waals surface area contributed by atoms with Crippen LogP contribution in [0, 0.1) is 6.92 Å². The van der Waals surface area contributed by atoms with Gasteiger partial charge in [0.2, 0.25) is 5.91 Å². The molecule has 1 N–H and O–H groups in total. The first kappa shape index (κ1) is 21.4. The zero-order valence-electron chi connectivity index (χ0n) is 17.9. The maximum Gasteiger partial charge on any atom is 0.339 e. The van der Waals surface area contributed by atoms with Gasteiger partial charge < -0.3 is 14.2 Å². The van der Waals surface area contributed by atoms with Crippen LogP contribution in [0.4, 0.5) is 0 Å². The topological polar surface area (TPSA) is 107 Å². The minimum atomic E-state index is -3.24. The first-order valence-electron chi connectivity index (χ1n) is 10.1. The number of rotatable bonds is 4. The summed E-state index contributed by atoms with van der Waals surface area (Å²) in [6, 6.07) is 3.18. The van der Waals surface area contributed by atoms with E-state index in [0.717, 1.165) is 27.3 Å². The monoisotopic (exact) mass is 443 g/mol. The molecule has 1 unspecified atom stereocenters. The molecule has 0 saturated carbocycles. The molecule has 2 aromatic heterocycles. The Kier molecular flexibility index (Phi) is 5.08. The summed E-state index contributed by atoms with van der Waals surface area (Å²) in [5.74, 6) is -0.446. The number of fused-ring (bicyclic) bond motifs is 2. The van der Waals surface area contributed by atoms with E-state index in [4.69, 9.17) is 8.83 Å². The van der Waals surface area contributed by atoms with Crippen molar-refractivity contribution in [3.8, 4) is 0 Å². The number of amides is 1. The van der Waals surface area contributed by atoms with Gasteiger partial charge in [-0.2, -0.15) is 0 Å². The van der Waals surface area contributed by atoms with Gasteiger partial charge in [0.15, 0.2) is 9.84 Å².